The molecule has 2 aliphatic heterocycles. The summed E-state index contributed by atoms with van der Waals surface area (Å²) in [5, 5.41) is 2.97. The van der Waals surface area contributed by atoms with Gasteiger partial charge in [-0.1, -0.05) is 0 Å². The van der Waals surface area contributed by atoms with E-state index in [0.717, 1.165) is 70.2 Å². The average molecular weight is 384 g/mol. The van der Waals surface area contributed by atoms with Crippen molar-refractivity contribution in [2.75, 3.05) is 43.1 Å². The number of nitrogens with one attached hydrogen (secondary N) is 1. The van der Waals surface area contributed by atoms with Gasteiger partial charge >= 0.3 is 6.03 Å². The van der Waals surface area contributed by atoms with E-state index in [9.17, 15) is 4.79 Å². The van der Waals surface area contributed by atoms with Gasteiger partial charge in [0.15, 0.2) is 0 Å². The number of aryl methyl sites for hydroxylation is 1. The summed E-state index contributed by atoms with van der Waals surface area (Å²) in [5.74, 6) is 1.54. The minimum absolute atomic E-state index is 0.0105. The third-order valence-electron chi connectivity index (χ3n) is 5.51. The van der Waals surface area contributed by atoms with Crippen LogP contribution in [0.4, 0.5) is 16.3 Å². The van der Waals surface area contributed by atoms with Crippen molar-refractivity contribution in [3.8, 4) is 0 Å². The zero-order valence-electron chi connectivity index (χ0n) is 16.4. The molecule has 28 heavy (non-hydrogen) atoms. The Bertz CT molecular complexity index is 784. The average Bonchev–Trinajstić information content (AvgIpc) is 3.23. The van der Waals surface area contributed by atoms with Crippen LogP contribution in [0, 0.1) is 0 Å². The van der Waals surface area contributed by atoms with Gasteiger partial charge in [0.1, 0.15) is 11.6 Å². The molecule has 2 fully saturated rings. The number of hydrogen-bond acceptors (Lipinski definition) is 5. The van der Waals surface area contributed by atoms with Crippen LogP contribution in [-0.4, -0.2) is 58.3 Å². The highest BCUT2D eigenvalue weighted by molar-refractivity contribution is 5.88. The summed E-state index contributed by atoms with van der Waals surface area (Å²) in [5.41, 5.74) is 1.06. The second-order valence-corrected chi connectivity index (χ2v) is 7.21. The molecule has 2 aromatic rings. The van der Waals surface area contributed by atoms with Gasteiger partial charge in [-0.05, 0) is 38.3 Å². The molecule has 0 saturated carbocycles. The molecule has 0 aromatic carbocycles. The molecule has 2 aromatic heterocycles. The summed E-state index contributed by atoms with van der Waals surface area (Å²) in [7, 11) is 0. The maximum absolute atomic E-state index is 13.0. The van der Waals surface area contributed by atoms with E-state index in [-0.39, 0.29) is 12.1 Å². The number of aromatic nitrogens is 3. The lowest BCUT2D eigenvalue weighted by molar-refractivity contribution is 0.122. The Labute approximate surface area is 165 Å². The Kier molecular flexibility index (Phi) is 5.76. The van der Waals surface area contributed by atoms with Crippen LogP contribution in [-0.2, 0) is 11.3 Å². The SMILES string of the molecule is CCn1ccnc1C1CCCCN1C(=O)Nc1ccc(N2CCOCC2)cn1. The number of morpholine rings is 1. The number of carbonyl (C=O) groups excluding carboxylic acids is 1. The smallest absolute Gasteiger partial charge is 0.323 e. The van der Waals surface area contributed by atoms with Crippen LogP contribution in [0.25, 0.3) is 0 Å². The first-order chi connectivity index (χ1) is 13.8. The third-order valence-corrected chi connectivity index (χ3v) is 5.51. The van der Waals surface area contributed by atoms with Gasteiger partial charge in [-0.25, -0.2) is 14.8 Å². The molecule has 1 unspecified atom stereocenters. The lowest BCUT2D eigenvalue weighted by Gasteiger charge is -2.35. The topological polar surface area (TPSA) is 75.5 Å². The Morgan fingerprint density at radius 2 is 2.07 bits per heavy atom. The first kappa shape index (κ1) is 18.7. The van der Waals surface area contributed by atoms with Gasteiger partial charge in [0.2, 0.25) is 0 Å². The lowest BCUT2D eigenvalue weighted by Crippen LogP contribution is -2.42. The van der Waals surface area contributed by atoms with Crippen LogP contribution in [0.2, 0.25) is 0 Å². The number of ether oxygens (including phenoxy) is 1. The maximum atomic E-state index is 13.0. The predicted molar refractivity (Wildman–Crippen MR) is 107 cm³/mol. The fourth-order valence-electron chi connectivity index (χ4n) is 3.98. The maximum Gasteiger partial charge on any atom is 0.323 e. The number of nitrogens with zero attached hydrogens (tertiary/aromatic N) is 5. The van der Waals surface area contributed by atoms with E-state index in [4.69, 9.17) is 4.74 Å². The van der Waals surface area contributed by atoms with Crippen molar-refractivity contribution in [2.24, 2.45) is 0 Å². The van der Waals surface area contributed by atoms with E-state index in [1.807, 2.05) is 35.6 Å². The summed E-state index contributed by atoms with van der Waals surface area (Å²) in [6.45, 7) is 6.90. The van der Waals surface area contributed by atoms with Crippen molar-refractivity contribution < 1.29 is 9.53 Å². The van der Waals surface area contributed by atoms with Crippen molar-refractivity contribution >= 4 is 17.5 Å². The van der Waals surface area contributed by atoms with E-state index in [0.29, 0.717) is 5.82 Å². The number of likely N-dealkylation sites (tertiary alicyclic amines) is 1. The first-order valence-corrected chi connectivity index (χ1v) is 10.1. The number of amides is 2. The molecule has 1 N–H and O–H groups in total. The van der Waals surface area contributed by atoms with Crippen LogP contribution < -0.4 is 10.2 Å². The number of carbonyl (C=O) groups is 1. The van der Waals surface area contributed by atoms with Crippen molar-refractivity contribution in [1.82, 2.24) is 19.4 Å². The first-order valence-electron chi connectivity index (χ1n) is 10.1. The molecule has 0 radical (unpaired) electrons. The van der Waals surface area contributed by atoms with Gasteiger partial charge in [0.25, 0.3) is 0 Å². The molecule has 0 spiro atoms. The molecule has 8 nitrogen and oxygen atoms in total. The molecule has 4 rings (SSSR count). The summed E-state index contributed by atoms with van der Waals surface area (Å²) in [6.07, 6.45) is 8.67. The molecule has 2 saturated heterocycles. The molecule has 8 heteroatoms. The highest BCUT2D eigenvalue weighted by Crippen LogP contribution is 2.30. The number of rotatable bonds is 4. The summed E-state index contributed by atoms with van der Waals surface area (Å²) < 4.78 is 7.51. The normalized spacial score (nSPS) is 20.2. The lowest BCUT2D eigenvalue weighted by atomic mass is 10.0. The molecule has 0 bridgehead atoms. The highest BCUT2D eigenvalue weighted by atomic mass is 16.5. The minimum atomic E-state index is -0.109. The summed E-state index contributed by atoms with van der Waals surface area (Å²) in [4.78, 5) is 26.1. The summed E-state index contributed by atoms with van der Waals surface area (Å²) >= 11 is 0. The molecule has 2 aliphatic rings. The standard InChI is InChI=1S/C20H28N6O2/c1-2-24-10-8-21-19(24)17-5-3-4-9-26(17)20(27)23-18-7-6-16(15-22-18)25-11-13-28-14-12-25/h6-8,10,15,17H,2-5,9,11-14H2,1H3,(H,22,23,27). The van der Waals surface area contributed by atoms with E-state index in [1.165, 1.54) is 0 Å². The van der Waals surface area contributed by atoms with Crippen LogP contribution in [0.1, 0.15) is 38.1 Å². The quantitative estimate of drug-likeness (QED) is 0.877. The van der Waals surface area contributed by atoms with Crippen molar-refractivity contribution in [2.45, 2.75) is 38.8 Å². The van der Waals surface area contributed by atoms with Crippen LogP contribution in [0.5, 0.6) is 0 Å². The second kappa shape index (κ2) is 8.60. The van der Waals surface area contributed by atoms with Gasteiger partial charge in [0.05, 0.1) is 31.1 Å². The van der Waals surface area contributed by atoms with Crippen molar-refractivity contribution in [3.05, 3.63) is 36.5 Å². The predicted octanol–water partition coefficient (Wildman–Crippen LogP) is 2.89. The second-order valence-electron chi connectivity index (χ2n) is 7.21. The number of anilines is 2. The van der Waals surface area contributed by atoms with Crippen LogP contribution in [0.15, 0.2) is 30.7 Å². The van der Waals surface area contributed by atoms with Gasteiger partial charge in [-0.15, -0.1) is 0 Å². The summed E-state index contributed by atoms with van der Waals surface area (Å²) in [6, 6.07) is 3.78. The molecule has 150 valence electrons. The molecular weight excluding hydrogens is 356 g/mol. The van der Waals surface area contributed by atoms with E-state index < -0.39 is 0 Å². The van der Waals surface area contributed by atoms with Gasteiger partial charge in [-0.2, -0.15) is 0 Å². The zero-order chi connectivity index (χ0) is 19.3. The molecule has 1 atom stereocenters. The number of imidazole rings is 1. The number of piperidine rings is 1. The fraction of sp³-hybridized carbons (Fsp3) is 0.550. The highest BCUT2D eigenvalue weighted by Gasteiger charge is 2.31. The number of pyridine rings is 1. The minimum Gasteiger partial charge on any atom is -0.378 e. The van der Waals surface area contributed by atoms with Crippen LogP contribution >= 0.6 is 0 Å². The third kappa shape index (κ3) is 3.96. The Morgan fingerprint density at radius 3 is 2.82 bits per heavy atom. The molecule has 4 heterocycles. The van der Waals surface area contributed by atoms with E-state index in [2.05, 4.69) is 31.7 Å². The van der Waals surface area contributed by atoms with Crippen molar-refractivity contribution in [1.29, 1.82) is 0 Å². The zero-order valence-corrected chi connectivity index (χ0v) is 16.4. The molecule has 0 aliphatic carbocycles. The van der Waals surface area contributed by atoms with Crippen molar-refractivity contribution in [3.63, 3.8) is 0 Å². The Morgan fingerprint density at radius 1 is 1.21 bits per heavy atom. The molecule has 2 amide bonds. The van der Waals surface area contributed by atoms with Crippen LogP contribution in [0.3, 0.4) is 0 Å². The Hall–Kier alpha value is -2.61. The van der Waals surface area contributed by atoms with Gasteiger partial charge in [-0.3, -0.25) is 5.32 Å². The Balaban J connectivity index is 1.44. The van der Waals surface area contributed by atoms with Gasteiger partial charge in [0, 0.05) is 38.6 Å². The van der Waals surface area contributed by atoms with E-state index >= 15 is 0 Å². The fourth-order valence-corrected chi connectivity index (χ4v) is 3.98. The largest absolute Gasteiger partial charge is 0.378 e. The number of hydrogen-bond donors (Lipinski definition) is 1. The number of urea groups is 1. The van der Waals surface area contributed by atoms with E-state index in [1.54, 1.807) is 0 Å². The molecular formula is C20H28N6O2. The van der Waals surface area contributed by atoms with Gasteiger partial charge < -0.3 is 19.1 Å². The monoisotopic (exact) mass is 384 g/mol.